The molecule has 5 aromatic carbocycles. The lowest BCUT2D eigenvalue weighted by Crippen LogP contribution is -2.33. The highest BCUT2D eigenvalue weighted by atomic mass is 35.5. The van der Waals surface area contributed by atoms with Gasteiger partial charge < -0.3 is 14.0 Å². The molecule has 272 valence electrons. The van der Waals surface area contributed by atoms with Gasteiger partial charge in [0.2, 0.25) is 0 Å². The van der Waals surface area contributed by atoms with Gasteiger partial charge in [0.25, 0.3) is 0 Å². The molecular formula is C46H54ClN3O2. The summed E-state index contributed by atoms with van der Waals surface area (Å²) in [6.07, 6.45) is 8.09. The fraction of sp³-hybridized carbons (Fsp3) is 0.391. The molecule has 52 heavy (non-hydrogen) atoms. The number of piperidine rings is 2. The Hall–Kier alpha value is -4.03. The lowest BCUT2D eigenvalue weighted by atomic mass is 10.0. The average molecular weight is 716 g/mol. The Labute approximate surface area is 315 Å². The largest absolute Gasteiger partial charge is 0.492 e. The molecule has 0 spiro atoms. The van der Waals surface area contributed by atoms with Gasteiger partial charge >= 0.3 is 0 Å². The van der Waals surface area contributed by atoms with Gasteiger partial charge in [0.1, 0.15) is 24.7 Å². The van der Waals surface area contributed by atoms with Gasteiger partial charge in [-0.3, -0.25) is 9.80 Å². The first-order chi connectivity index (χ1) is 25.5. The minimum Gasteiger partial charge on any atom is -0.492 e. The highest BCUT2D eigenvalue weighted by Crippen LogP contribution is 2.36. The number of alkyl halides is 1. The third-order valence-electron chi connectivity index (χ3n) is 10.7. The number of hydrogen-bond acceptors (Lipinski definition) is 4. The van der Waals surface area contributed by atoms with E-state index in [1.165, 1.54) is 114 Å². The molecule has 0 saturated carbocycles. The van der Waals surface area contributed by atoms with Crippen LogP contribution >= 0.6 is 11.6 Å². The Morgan fingerprint density at radius 1 is 0.538 bits per heavy atom. The summed E-state index contributed by atoms with van der Waals surface area (Å²) in [5, 5.41) is 5.29. The molecule has 8 rings (SSSR count). The first-order valence-corrected chi connectivity index (χ1v) is 19.9. The summed E-state index contributed by atoms with van der Waals surface area (Å²) in [7, 11) is 0. The first kappa shape index (κ1) is 36.3. The van der Waals surface area contributed by atoms with Gasteiger partial charge in [0.15, 0.2) is 0 Å². The molecule has 3 heterocycles. The van der Waals surface area contributed by atoms with Crippen LogP contribution in [-0.2, 0) is 12.4 Å². The van der Waals surface area contributed by atoms with Gasteiger partial charge in [-0.25, -0.2) is 0 Å². The summed E-state index contributed by atoms with van der Waals surface area (Å²) in [5.41, 5.74) is 7.63. The van der Waals surface area contributed by atoms with E-state index in [4.69, 9.17) is 21.1 Å². The lowest BCUT2D eigenvalue weighted by Gasteiger charge is -2.26. The molecule has 2 fully saturated rings. The molecule has 0 bridgehead atoms. The van der Waals surface area contributed by atoms with Crippen LogP contribution in [0.15, 0.2) is 97.1 Å². The highest BCUT2D eigenvalue weighted by Gasteiger charge is 2.15. The number of benzene rings is 5. The van der Waals surface area contributed by atoms with E-state index in [-0.39, 0.29) is 0 Å². The predicted molar refractivity (Wildman–Crippen MR) is 220 cm³/mol. The minimum atomic E-state index is 0.564. The number of hydrogen-bond donors (Lipinski definition) is 0. The van der Waals surface area contributed by atoms with E-state index in [1.807, 2.05) is 24.3 Å². The van der Waals surface area contributed by atoms with Crippen molar-refractivity contribution >= 4 is 44.2 Å². The molecule has 0 amide bonds. The van der Waals surface area contributed by atoms with Crippen LogP contribution in [0, 0.1) is 13.8 Å². The summed E-state index contributed by atoms with van der Waals surface area (Å²) in [5.74, 6) is 2.47. The molecule has 2 aliphatic rings. The summed E-state index contributed by atoms with van der Waals surface area (Å²) in [6, 6.07) is 34.9. The first-order valence-electron chi connectivity index (χ1n) is 19.4. The summed E-state index contributed by atoms with van der Waals surface area (Å²) in [4.78, 5) is 5.00. The number of aromatic nitrogens is 1. The normalized spacial score (nSPS) is 15.5. The second-order valence-corrected chi connectivity index (χ2v) is 15.0. The Bertz CT molecular complexity index is 2040. The average Bonchev–Trinajstić information content (AvgIpc) is 3.49. The van der Waals surface area contributed by atoms with E-state index in [2.05, 4.69) is 101 Å². The van der Waals surface area contributed by atoms with Crippen LogP contribution in [0.25, 0.3) is 32.6 Å². The minimum absolute atomic E-state index is 0.564. The number of ether oxygens (including phenoxy) is 2. The molecule has 2 aliphatic heterocycles. The molecule has 0 aliphatic carbocycles. The van der Waals surface area contributed by atoms with E-state index in [0.717, 1.165) is 49.9 Å². The number of rotatable bonds is 11. The maximum Gasteiger partial charge on any atom is 0.119 e. The third-order valence-corrected chi connectivity index (χ3v) is 11.0. The number of halogens is 1. The van der Waals surface area contributed by atoms with Crippen molar-refractivity contribution < 1.29 is 9.47 Å². The molecule has 0 N–H and O–H groups in total. The predicted octanol–water partition coefficient (Wildman–Crippen LogP) is 10.8. The van der Waals surface area contributed by atoms with Gasteiger partial charge in [-0.05, 0) is 119 Å². The van der Waals surface area contributed by atoms with Crippen molar-refractivity contribution in [2.24, 2.45) is 0 Å². The third kappa shape index (κ3) is 9.12. The van der Waals surface area contributed by atoms with Gasteiger partial charge in [-0.1, -0.05) is 84.6 Å². The van der Waals surface area contributed by atoms with Crippen LogP contribution in [0.1, 0.15) is 60.8 Å². The number of aryl methyl sites for hydroxylation is 2. The Morgan fingerprint density at radius 3 is 1.67 bits per heavy atom. The molecule has 6 heteroatoms. The zero-order valence-electron chi connectivity index (χ0n) is 31.1. The maximum atomic E-state index is 6.07. The summed E-state index contributed by atoms with van der Waals surface area (Å²) < 4.78 is 14.3. The Balaban J connectivity index is 0.000000208. The zero-order chi connectivity index (χ0) is 35.7. The van der Waals surface area contributed by atoms with Crippen molar-refractivity contribution in [3.8, 4) is 11.5 Å². The molecule has 0 unspecified atom stereocenters. The number of nitrogens with zero attached hydrogens (tertiary/aromatic N) is 3. The van der Waals surface area contributed by atoms with Gasteiger partial charge in [0, 0.05) is 47.2 Å². The fourth-order valence-electron chi connectivity index (χ4n) is 7.83. The number of fused-ring (bicyclic) bond motifs is 5. The molecule has 6 aromatic rings. The highest BCUT2D eigenvalue weighted by molar-refractivity contribution is 6.18. The molecule has 0 radical (unpaired) electrons. The van der Waals surface area contributed by atoms with Crippen LogP contribution in [0.5, 0.6) is 11.5 Å². The molecule has 2 saturated heterocycles. The SMILES string of the molecule is Cc1ccc2c(ccc3c4cc(C)ccc4n(Cc4ccc(OCCN5CCCCC5)cc4)c23)c1.ClCc1ccc(OCCN2CCCCC2)cc1. The van der Waals surface area contributed by atoms with Crippen LogP contribution in [0.3, 0.4) is 0 Å². The van der Waals surface area contributed by atoms with E-state index in [0.29, 0.717) is 5.88 Å². The van der Waals surface area contributed by atoms with Crippen LogP contribution in [0.4, 0.5) is 0 Å². The molecule has 0 atom stereocenters. The fourth-order valence-corrected chi connectivity index (χ4v) is 8.00. The quantitative estimate of drug-likeness (QED) is 0.125. The van der Waals surface area contributed by atoms with Crippen molar-refractivity contribution in [3.05, 3.63) is 119 Å². The lowest BCUT2D eigenvalue weighted by molar-refractivity contribution is 0.183. The van der Waals surface area contributed by atoms with Crippen molar-refractivity contribution in [1.82, 2.24) is 14.4 Å². The van der Waals surface area contributed by atoms with Gasteiger partial charge in [-0.15, -0.1) is 11.6 Å². The van der Waals surface area contributed by atoms with E-state index >= 15 is 0 Å². The smallest absolute Gasteiger partial charge is 0.119 e. The van der Waals surface area contributed by atoms with Gasteiger partial charge in [-0.2, -0.15) is 0 Å². The van der Waals surface area contributed by atoms with Crippen molar-refractivity contribution in [2.45, 2.75) is 64.8 Å². The second-order valence-electron chi connectivity index (χ2n) is 14.7. The Kier molecular flexibility index (Phi) is 12.3. The Morgan fingerprint density at radius 2 is 1.08 bits per heavy atom. The second kappa shape index (κ2) is 17.7. The van der Waals surface area contributed by atoms with E-state index in [9.17, 15) is 0 Å². The van der Waals surface area contributed by atoms with E-state index < -0.39 is 0 Å². The van der Waals surface area contributed by atoms with Crippen molar-refractivity contribution in [1.29, 1.82) is 0 Å². The molecule has 1 aromatic heterocycles. The van der Waals surface area contributed by atoms with Gasteiger partial charge in [0.05, 0.1) is 5.52 Å². The maximum absolute atomic E-state index is 6.07. The number of likely N-dealkylation sites (tertiary alicyclic amines) is 2. The van der Waals surface area contributed by atoms with Crippen LogP contribution in [-0.4, -0.2) is 66.8 Å². The van der Waals surface area contributed by atoms with Crippen molar-refractivity contribution in [2.75, 3.05) is 52.5 Å². The standard InChI is InChI=1S/C32H34N2O.C14H20ClNO/c1-23-6-13-28-26(20-23)10-14-29-30-21-24(2)7-15-31(30)34(32(28)29)22-25-8-11-27(12-9-25)35-19-18-33-16-4-3-5-17-33;15-12-13-4-6-14(7-5-13)17-11-10-16-8-2-1-3-9-16/h6-15,20-21H,3-5,16-19,22H2,1-2H3;4-7H,1-3,8-12H2. The summed E-state index contributed by atoms with van der Waals surface area (Å²) >= 11 is 5.74. The van der Waals surface area contributed by atoms with Crippen molar-refractivity contribution in [3.63, 3.8) is 0 Å². The molecular weight excluding hydrogens is 662 g/mol. The van der Waals surface area contributed by atoms with Crippen LogP contribution < -0.4 is 9.47 Å². The van der Waals surface area contributed by atoms with Crippen LogP contribution in [0.2, 0.25) is 0 Å². The van der Waals surface area contributed by atoms with E-state index in [1.54, 1.807) is 0 Å². The zero-order valence-corrected chi connectivity index (χ0v) is 31.8. The molecule has 5 nitrogen and oxygen atoms in total. The monoisotopic (exact) mass is 715 g/mol. The topological polar surface area (TPSA) is 29.9 Å². The summed E-state index contributed by atoms with van der Waals surface area (Å²) in [6.45, 7) is 13.7.